The van der Waals surface area contributed by atoms with Crippen molar-refractivity contribution in [3.05, 3.63) is 84.9 Å². The van der Waals surface area contributed by atoms with E-state index in [1.54, 1.807) is 35.4 Å². The van der Waals surface area contributed by atoms with Crippen LogP contribution in [-0.2, 0) is 0 Å². The first-order valence-electron chi connectivity index (χ1n) is 6.81. The summed E-state index contributed by atoms with van der Waals surface area (Å²) in [6.07, 6.45) is 4.84. The molecule has 1 heterocycles. The van der Waals surface area contributed by atoms with Crippen molar-refractivity contribution in [2.45, 2.75) is 0 Å². The van der Waals surface area contributed by atoms with Gasteiger partial charge in [-0.05, 0) is 12.1 Å². The van der Waals surface area contributed by atoms with E-state index in [9.17, 15) is 4.79 Å². The molecule has 3 rings (SSSR count). The maximum Gasteiger partial charge on any atom is 0.230 e. The molecule has 2 aromatic carbocycles. The van der Waals surface area contributed by atoms with Crippen molar-refractivity contribution in [1.29, 1.82) is 0 Å². The fraction of sp³-hybridized carbons (Fsp3) is 0. The van der Waals surface area contributed by atoms with E-state index in [4.69, 9.17) is 0 Å². The van der Waals surface area contributed by atoms with Gasteiger partial charge in [0.05, 0.1) is 5.69 Å². The molecule has 0 aliphatic rings. The average Bonchev–Trinajstić information content (AvgIpc) is 3.11. The lowest BCUT2D eigenvalue weighted by molar-refractivity contribution is 0.106. The van der Waals surface area contributed by atoms with Gasteiger partial charge in [0.1, 0.15) is 6.33 Å². The third kappa shape index (κ3) is 3.09. The number of carbonyl (C=O) groups excluding carboxylic acids is 1. The lowest BCUT2D eigenvalue weighted by Crippen LogP contribution is -2.23. The Hall–Kier alpha value is -3.21. The molecule has 0 spiro atoms. The number of para-hydroxylation sites is 1. The van der Waals surface area contributed by atoms with E-state index < -0.39 is 0 Å². The van der Waals surface area contributed by atoms with Gasteiger partial charge in [0.25, 0.3) is 0 Å². The first-order valence-corrected chi connectivity index (χ1v) is 6.81. The van der Waals surface area contributed by atoms with Gasteiger partial charge in [-0.3, -0.25) is 14.8 Å². The van der Waals surface area contributed by atoms with Gasteiger partial charge in [0, 0.05) is 18.0 Å². The van der Waals surface area contributed by atoms with Crippen LogP contribution in [0.5, 0.6) is 0 Å². The Labute approximate surface area is 127 Å². The third-order valence-electron chi connectivity index (χ3n) is 3.05. The van der Waals surface area contributed by atoms with Crippen LogP contribution in [0.4, 0.5) is 5.69 Å². The molecule has 3 aromatic rings. The summed E-state index contributed by atoms with van der Waals surface area (Å²) in [5.74, 6) is 0.0783. The Morgan fingerprint density at radius 3 is 2.32 bits per heavy atom. The maximum atomic E-state index is 12.6. The van der Waals surface area contributed by atoms with Crippen LogP contribution >= 0.6 is 0 Å². The highest BCUT2D eigenvalue weighted by Gasteiger charge is 2.15. The number of carbonyl (C=O) groups is 1. The zero-order valence-electron chi connectivity index (χ0n) is 11.8. The molecular formula is C17H14N4O. The lowest BCUT2D eigenvalue weighted by Gasteiger charge is -2.07. The summed E-state index contributed by atoms with van der Waals surface area (Å²) in [5, 5.41) is 4.25. The SMILES string of the molecule is O=C(/C(=N\Nc1ccccc1)n1ccnc1)c1ccccc1. The smallest absolute Gasteiger partial charge is 0.230 e. The zero-order chi connectivity index (χ0) is 15.2. The fourth-order valence-electron chi connectivity index (χ4n) is 1.96. The van der Waals surface area contributed by atoms with Crippen molar-refractivity contribution in [3.63, 3.8) is 0 Å². The topological polar surface area (TPSA) is 59.3 Å². The predicted octanol–water partition coefficient (Wildman–Crippen LogP) is 3.04. The van der Waals surface area contributed by atoms with E-state index in [1.165, 1.54) is 0 Å². The Balaban J connectivity index is 1.93. The summed E-state index contributed by atoms with van der Waals surface area (Å²) in [5.41, 5.74) is 4.28. The van der Waals surface area contributed by atoms with Crippen LogP contribution in [0.15, 0.2) is 84.5 Å². The molecule has 0 fully saturated rings. The molecule has 22 heavy (non-hydrogen) atoms. The van der Waals surface area contributed by atoms with E-state index in [-0.39, 0.29) is 11.6 Å². The zero-order valence-corrected chi connectivity index (χ0v) is 11.8. The molecule has 5 nitrogen and oxygen atoms in total. The minimum atomic E-state index is -0.179. The number of imidazole rings is 1. The summed E-state index contributed by atoms with van der Waals surface area (Å²) in [6, 6.07) is 18.5. The van der Waals surface area contributed by atoms with Crippen molar-refractivity contribution in [2.24, 2.45) is 5.10 Å². The largest absolute Gasteiger partial charge is 0.286 e. The highest BCUT2D eigenvalue weighted by Crippen LogP contribution is 2.07. The molecule has 0 saturated heterocycles. The van der Waals surface area contributed by atoms with Crippen LogP contribution in [0.25, 0.3) is 0 Å². The summed E-state index contributed by atoms with van der Waals surface area (Å²) < 4.78 is 1.59. The van der Waals surface area contributed by atoms with E-state index in [0.29, 0.717) is 5.56 Å². The Morgan fingerprint density at radius 1 is 1.00 bits per heavy atom. The second-order valence-electron chi connectivity index (χ2n) is 4.58. The van der Waals surface area contributed by atoms with Gasteiger partial charge >= 0.3 is 0 Å². The summed E-state index contributed by atoms with van der Waals surface area (Å²) in [4.78, 5) is 16.6. The van der Waals surface area contributed by atoms with Gasteiger partial charge in [0.15, 0.2) is 0 Å². The van der Waals surface area contributed by atoms with E-state index >= 15 is 0 Å². The number of nitrogens with one attached hydrogen (secondary N) is 1. The number of nitrogens with zero attached hydrogens (tertiary/aromatic N) is 3. The Kier molecular flexibility index (Phi) is 4.06. The van der Waals surface area contributed by atoms with Crippen molar-refractivity contribution < 1.29 is 4.79 Å². The minimum Gasteiger partial charge on any atom is -0.286 e. The maximum absolute atomic E-state index is 12.6. The number of benzene rings is 2. The number of rotatable bonds is 4. The first kappa shape index (κ1) is 13.8. The number of hydrazone groups is 1. The minimum absolute atomic E-state index is 0.179. The van der Waals surface area contributed by atoms with E-state index in [2.05, 4.69) is 15.5 Å². The molecule has 0 amide bonds. The van der Waals surface area contributed by atoms with Crippen molar-refractivity contribution in [1.82, 2.24) is 9.55 Å². The molecule has 108 valence electrons. The Bertz CT molecular complexity index is 765. The van der Waals surface area contributed by atoms with Gasteiger partial charge in [-0.25, -0.2) is 4.98 Å². The fourth-order valence-corrected chi connectivity index (χ4v) is 1.96. The molecule has 0 unspecified atom stereocenters. The predicted molar refractivity (Wildman–Crippen MR) is 85.9 cm³/mol. The van der Waals surface area contributed by atoms with E-state index in [1.807, 2.05) is 48.5 Å². The molecule has 1 aromatic heterocycles. The van der Waals surface area contributed by atoms with Crippen LogP contribution in [-0.4, -0.2) is 21.2 Å². The van der Waals surface area contributed by atoms with Crippen molar-refractivity contribution in [2.75, 3.05) is 5.43 Å². The van der Waals surface area contributed by atoms with Gasteiger partial charge in [0.2, 0.25) is 11.6 Å². The summed E-state index contributed by atoms with van der Waals surface area (Å²) in [6.45, 7) is 0. The molecule has 5 heteroatoms. The molecule has 1 N–H and O–H groups in total. The number of Topliss-reactive ketones (excluding diaryl/α,β-unsaturated/α-hetero) is 1. The normalized spacial score (nSPS) is 11.2. The Morgan fingerprint density at radius 2 is 1.68 bits per heavy atom. The molecule has 0 atom stereocenters. The molecule has 0 aliphatic heterocycles. The average molecular weight is 290 g/mol. The molecular weight excluding hydrogens is 276 g/mol. The van der Waals surface area contributed by atoms with Gasteiger partial charge < -0.3 is 0 Å². The number of aromatic nitrogens is 2. The standard InChI is InChI=1S/C17H14N4O/c22-16(14-7-3-1-4-8-14)17(21-12-11-18-13-21)20-19-15-9-5-2-6-10-15/h1-13,19H/b20-17+. The van der Waals surface area contributed by atoms with Gasteiger partial charge in [-0.15, -0.1) is 0 Å². The van der Waals surface area contributed by atoms with Crippen LogP contribution in [0.2, 0.25) is 0 Å². The molecule has 0 saturated carbocycles. The molecule has 0 aliphatic carbocycles. The molecule has 0 bridgehead atoms. The highest BCUT2D eigenvalue weighted by molar-refractivity contribution is 6.45. The second kappa shape index (κ2) is 6.49. The number of ketones is 1. The van der Waals surface area contributed by atoms with Gasteiger partial charge in [-0.2, -0.15) is 5.10 Å². The lowest BCUT2D eigenvalue weighted by atomic mass is 10.1. The van der Waals surface area contributed by atoms with Crippen LogP contribution in [0, 0.1) is 0 Å². The monoisotopic (exact) mass is 290 g/mol. The first-order chi connectivity index (χ1) is 10.8. The number of anilines is 1. The summed E-state index contributed by atoms with van der Waals surface area (Å²) in [7, 11) is 0. The number of hydrogen-bond acceptors (Lipinski definition) is 4. The van der Waals surface area contributed by atoms with Crippen molar-refractivity contribution >= 4 is 17.3 Å². The van der Waals surface area contributed by atoms with Crippen LogP contribution in [0.1, 0.15) is 10.4 Å². The summed E-state index contributed by atoms with van der Waals surface area (Å²) >= 11 is 0. The van der Waals surface area contributed by atoms with Crippen LogP contribution in [0.3, 0.4) is 0 Å². The van der Waals surface area contributed by atoms with E-state index in [0.717, 1.165) is 5.69 Å². The quantitative estimate of drug-likeness (QED) is 0.348. The van der Waals surface area contributed by atoms with Crippen molar-refractivity contribution in [3.8, 4) is 0 Å². The molecule has 0 radical (unpaired) electrons. The number of hydrogen-bond donors (Lipinski definition) is 1. The highest BCUT2D eigenvalue weighted by atomic mass is 16.1. The third-order valence-corrected chi connectivity index (χ3v) is 3.05. The van der Waals surface area contributed by atoms with Crippen LogP contribution < -0.4 is 5.43 Å². The second-order valence-corrected chi connectivity index (χ2v) is 4.58. The van der Waals surface area contributed by atoms with Gasteiger partial charge in [-0.1, -0.05) is 48.5 Å².